The van der Waals surface area contributed by atoms with Gasteiger partial charge >= 0.3 is 5.97 Å². The zero-order valence-electron chi connectivity index (χ0n) is 13.3. The molecule has 2 aromatic heterocycles. The Morgan fingerprint density at radius 2 is 2.08 bits per heavy atom. The summed E-state index contributed by atoms with van der Waals surface area (Å²) in [5, 5.41) is 4.64. The molecule has 6 nitrogen and oxygen atoms in total. The van der Waals surface area contributed by atoms with Crippen LogP contribution in [0.15, 0.2) is 58.5 Å². The highest BCUT2D eigenvalue weighted by Crippen LogP contribution is 2.24. The van der Waals surface area contributed by atoms with Crippen molar-refractivity contribution in [2.24, 2.45) is 0 Å². The minimum atomic E-state index is -0.664. The van der Waals surface area contributed by atoms with Crippen LogP contribution in [-0.2, 0) is 14.3 Å². The van der Waals surface area contributed by atoms with Gasteiger partial charge in [-0.05, 0) is 42.5 Å². The van der Waals surface area contributed by atoms with Crippen LogP contribution in [0.1, 0.15) is 5.76 Å². The number of carbonyl (C=O) groups is 2. The average molecular weight is 372 g/mol. The van der Waals surface area contributed by atoms with Gasteiger partial charge in [-0.3, -0.25) is 10.1 Å². The number of carbonyl (C=O) groups excluding carboxylic acids is 2. The monoisotopic (exact) mass is 372 g/mol. The summed E-state index contributed by atoms with van der Waals surface area (Å²) in [7, 11) is 0. The normalized spacial score (nSPS) is 10.8. The smallest absolute Gasteiger partial charge is 0.331 e. The lowest BCUT2D eigenvalue weighted by atomic mass is 10.2. The third-order valence-corrected chi connectivity index (χ3v) is 3.92. The Morgan fingerprint density at radius 1 is 1.27 bits per heavy atom. The van der Waals surface area contributed by atoms with E-state index in [4.69, 9.17) is 9.15 Å². The van der Waals surface area contributed by atoms with Gasteiger partial charge in [0.05, 0.1) is 12.0 Å². The molecule has 0 unspecified atom stereocenters. The predicted molar refractivity (Wildman–Crippen MR) is 94.8 cm³/mol. The molecule has 0 saturated heterocycles. The minimum Gasteiger partial charge on any atom is -0.465 e. The van der Waals surface area contributed by atoms with E-state index in [1.807, 2.05) is 0 Å². The van der Waals surface area contributed by atoms with E-state index in [-0.39, 0.29) is 5.82 Å². The number of amides is 1. The summed E-state index contributed by atoms with van der Waals surface area (Å²) in [4.78, 5) is 27.6. The van der Waals surface area contributed by atoms with Gasteiger partial charge in [0.1, 0.15) is 11.6 Å². The van der Waals surface area contributed by atoms with Gasteiger partial charge < -0.3 is 9.15 Å². The van der Waals surface area contributed by atoms with Gasteiger partial charge in [0.25, 0.3) is 5.91 Å². The first-order valence-electron chi connectivity index (χ1n) is 7.50. The predicted octanol–water partition coefficient (Wildman–Crippen LogP) is 3.74. The van der Waals surface area contributed by atoms with E-state index in [2.05, 4.69) is 10.3 Å². The Kier molecular flexibility index (Phi) is 5.55. The van der Waals surface area contributed by atoms with Crippen molar-refractivity contribution in [1.29, 1.82) is 0 Å². The number of nitrogens with zero attached hydrogens (tertiary/aromatic N) is 1. The fourth-order valence-corrected chi connectivity index (χ4v) is 2.70. The van der Waals surface area contributed by atoms with E-state index in [0.717, 1.165) is 5.56 Å². The number of furan rings is 1. The summed E-state index contributed by atoms with van der Waals surface area (Å²) in [6.07, 6.45) is 4.09. The molecule has 0 atom stereocenters. The van der Waals surface area contributed by atoms with Crippen LogP contribution in [0.5, 0.6) is 0 Å². The van der Waals surface area contributed by atoms with Crippen LogP contribution < -0.4 is 5.32 Å². The van der Waals surface area contributed by atoms with E-state index < -0.39 is 18.5 Å². The molecule has 0 saturated carbocycles. The number of hydrogen-bond donors (Lipinski definition) is 1. The maximum atomic E-state index is 12.9. The number of hydrogen-bond acceptors (Lipinski definition) is 6. The van der Waals surface area contributed by atoms with Crippen molar-refractivity contribution in [3.63, 3.8) is 0 Å². The van der Waals surface area contributed by atoms with Gasteiger partial charge in [-0.25, -0.2) is 14.2 Å². The van der Waals surface area contributed by atoms with Crippen LogP contribution in [0.25, 0.3) is 17.3 Å². The fourth-order valence-electron chi connectivity index (χ4n) is 1.96. The van der Waals surface area contributed by atoms with E-state index in [1.165, 1.54) is 41.9 Å². The second-order valence-electron chi connectivity index (χ2n) is 5.05. The lowest BCUT2D eigenvalue weighted by molar-refractivity contribution is -0.142. The van der Waals surface area contributed by atoms with Crippen LogP contribution >= 0.6 is 11.3 Å². The number of ether oxygens (including phenoxy) is 1. The number of nitrogens with one attached hydrogen (secondary N) is 1. The molecule has 1 N–H and O–H groups in total. The summed E-state index contributed by atoms with van der Waals surface area (Å²) in [5.41, 5.74) is 1.35. The highest BCUT2D eigenvalue weighted by molar-refractivity contribution is 7.14. The number of esters is 1. The van der Waals surface area contributed by atoms with Crippen molar-refractivity contribution in [3.05, 3.63) is 65.7 Å². The topological polar surface area (TPSA) is 81.4 Å². The molecule has 0 spiro atoms. The first-order valence-corrected chi connectivity index (χ1v) is 8.38. The number of rotatable bonds is 6. The second kappa shape index (κ2) is 8.21. The quantitative estimate of drug-likeness (QED) is 0.527. The first-order chi connectivity index (χ1) is 12.6. The summed E-state index contributed by atoms with van der Waals surface area (Å²) >= 11 is 1.22. The minimum absolute atomic E-state index is 0.333. The molecule has 0 fully saturated rings. The van der Waals surface area contributed by atoms with Crippen molar-refractivity contribution in [3.8, 4) is 11.3 Å². The fraction of sp³-hybridized carbons (Fsp3) is 0.0556. The standard InChI is InChI=1S/C18H13FN2O4S/c19-13-5-3-12(4-6-13)15-11-26-18(20-15)21-16(22)10-25-17(23)8-7-14-2-1-9-24-14/h1-9,11H,10H2,(H,20,21,22)/b8-7+. The van der Waals surface area contributed by atoms with Crippen molar-refractivity contribution in [2.45, 2.75) is 0 Å². The lowest BCUT2D eigenvalue weighted by Gasteiger charge is -2.02. The average Bonchev–Trinajstić information content (AvgIpc) is 3.31. The number of thiazole rings is 1. The molecule has 8 heteroatoms. The van der Waals surface area contributed by atoms with Gasteiger partial charge in [-0.15, -0.1) is 11.3 Å². The molecule has 0 radical (unpaired) electrons. The third kappa shape index (κ3) is 4.87. The van der Waals surface area contributed by atoms with Gasteiger partial charge in [0, 0.05) is 17.0 Å². The van der Waals surface area contributed by atoms with Crippen molar-refractivity contribution < 1.29 is 23.1 Å². The maximum absolute atomic E-state index is 12.9. The molecule has 0 aliphatic heterocycles. The number of anilines is 1. The molecule has 1 amide bonds. The number of benzene rings is 1. The highest BCUT2D eigenvalue weighted by Gasteiger charge is 2.10. The molecule has 3 aromatic rings. The Morgan fingerprint density at radius 3 is 2.81 bits per heavy atom. The zero-order valence-corrected chi connectivity index (χ0v) is 14.2. The summed E-state index contributed by atoms with van der Waals surface area (Å²) < 4.78 is 22.8. The van der Waals surface area contributed by atoms with Crippen LogP contribution in [0.4, 0.5) is 9.52 Å². The molecule has 1 aromatic carbocycles. The van der Waals surface area contributed by atoms with Crippen LogP contribution in [0, 0.1) is 5.82 Å². The number of halogens is 1. The van der Waals surface area contributed by atoms with Crippen molar-refractivity contribution in [1.82, 2.24) is 4.98 Å². The SMILES string of the molecule is O=C(COC(=O)/C=C/c1ccco1)Nc1nc(-c2ccc(F)cc2)cs1. The molecule has 26 heavy (non-hydrogen) atoms. The molecule has 132 valence electrons. The Labute approximate surface area is 151 Å². The molecule has 0 aliphatic carbocycles. The summed E-state index contributed by atoms with van der Waals surface area (Å²) in [6, 6.07) is 9.24. The van der Waals surface area contributed by atoms with E-state index in [9.17, 15) is 14.0 Å². The van der Waals surface area contributed by atoms with Gasteiger partial charge in [-0.2, -0.15) is 0 Å². The number of aromatic nitrogens is 1. The van der Waals surface area contributed by atoms with E-state index in [1.54, 1.807) is 29.6 Å². The van der Waals surface area contributed by atoms with Gasteiger partial charge in [0.15, 0.2) is 11.7 Å². The molecule has 0 aliphatic rings. The van der Waals surface area contributed by atoms with Gasteiger partial charge in [0.2, 0.25) is 0 Å². The molecule has 3 rings (SSSR count). The van der Waals surface area contributed by atoms with E-state index in [0.29, 0.717) is 16.6 Å². The Hall–Kier alpha value is -3.26. The largest absolute Gasteiger partial charge is 0.465 e. The summed E-state index contributed by atoms with van der Waals surface area (Å²) in [5.74, 6) is -1.00. The van der Waals surface area contributed by atoms with Crippen LogP contribution in [-0.4, -0.2) is 23.5 Å². The maximum Gasteiger partial charge on any atom is 0.331 e. The lowest BCUT2D eigenvalue weighted by Crippen LogP contribution is -2.20. The molecular formula is C18H13FN2O4S. The van der Waals surface area contributed by atoms with Gasteiger partial charge in [-0.1, -0.05) is 0 Å². The third-order valence-electron chi connectivity index (χ3n) is 3.16. The summed E-state index contributed by atoms with van der Waals surface area (Å²) in [6.45, 7) is -0.438. The molecular weight excluding hydrogens is 359 g/mol. The molecule has 0 bridgehead atoms. The Balaban J connectivity index is 1.49. The van der Waals surface area contributed by atoms with E-state index >= 15 is 0 Å². The highest BCUT2D eigenvalue weighted by atomic mass is 32.1. The first kappa shape index (κ1) is 17.6. The molecule has 2 heterocycles. The van der Waals surface area contributed by atoms with Crippen LogP contribution in [0.2, 0.25) is 0 Å². The second-order valence-corrected chi connectivity index (χ2v) is 5.91. The van der Waals surface area contributed by atoms with Crippen LogP contribution in [0.3, 0.4) is 0 Å². The van der Waals surface area contributed by atoms with Crippen molar-refractivity contribution in [2.75, 3.05) is 11.9 Å². The Bertz CT molecular complexity index is 917. The zero-order chi connectivity index (χ0) is 18.4. The van der Waals surface area contributed by atoms with Crippen molar-refractivity contribution >= 4 is 34.4 Å².